The normalized spacial score (nSPS) is 44.1. The number of fused-ring (bicyclic) bond motifs is 5. The van der Waals surface area contributed by atoms with E-state index in [0.29, 0.717) is 36.0 Å². The molecule has 0 bridgehead atoms. The molecule has 4 rings (SSSR count). The third-order valence-corrected chi connectivity index (χ3v) is 11.1. The van der Waals surface area contributed by atoms with Gasteiger partial charge in [0.25, 0.3) is 0 Å². The summed E-state index contributed by atoms with van der Waals surface area (Å²) >= 11 is 0. The molecular formula is C27H46O5S. The summed E-state index contributed by atoms with van der Waals surface area (Å²) in [6, 6.07) is 0. The van der Waals surface area contributed by atoms with Crippen molar-refractivity contribution in [1.29, 1.82) is 0 Å². The van der Waals surface area contributed by atoms with Crippen molar-refractivity contribution in [2.75, 3.05) is 0 Å². The Morgan fingerprint density at radius 2 is 1.79 bits per heavy atom. The Balaban J connectivity index is 1.52. The van der Waals surface area contributed by atoms with Crippen LogP contribution in [-0.2, 0) is 14.6 Å². The Labute approximate surface area is 201 Å². The minimum absolute atomic E-state index is 0.00866. The molecule has 0 heterocycles. The lowest BCUT2D eigenvalue weighted by Gasteiger charge is -2.59. The molecular weight excluding hydrogens is 436 g/mol. The molecule has 0 saturated heterocycles. The van der Waals surface area contributed by atoms with Gasteiger partial charge in [-0.3, -0.25) is 4.55 Å². The first-order chi connectivity index (χ1) is 15.3. The Kier molecular flexibility index (Phi) is 7.17. The summed E-state index contributed by atoms with van der Waals surface area (Å²) in [6.07, 6.45) is 11.8. The summed E-state index contributed by atoms with van der Waals surface area (Å²) in [5.74, 6) is 3.56. The topological polar surface area (TPSA) is 83.8 Å². The Hall–Kier alpha value is -0.430. The quantitative estimate of drug-likeness (QED) is 0.334. The second kappa shape index (κ2) is 9.22. The van der Waals surface area contributed by atoms with E-state index in [0.717, 1.165) is 36.2 Å². The largest absolute Gasteiger partial charge is 0.397 e. The second-order valence-corrected chi connectivity index (χ2v) is 13.9. The molecule has 2 N–H and O–H groups in total. The molecule has 0 spiro atoms. The number of rotatable bonds is 7. The lowest BCUT2D eigenvalue weighted by molar-refractivity contribution is -0.0962. The lowest BCUT2D eigenvalue weighted by Crippen LogP contribution is -2.55. The summed E-state index contributed by atoms with van der Waals surface area (Å²) in [6.45, 7) is 11.9. The first-order valence-corrected chi connectivity index (χ1v) is 14.8. The molecule has 4 aliphatic rings. The fourth-order valence-electron chi connectivity index (χ4n) is 8.89. The molecule has 0 aromatic heterocycles. The van der Waals surface area contributed by atoms with Gasteiger partial charge in [-0.05, 0) is 91.3 Å². The van der Waals surface area contributed by atoms with Crippen molar-refractivity contribution in [3.8, 4) is 0 Å². The zero-order chi connectivity index (χ0) is 24.2. The maximum atomic E-state index is 11.4. The first-order valence-electron chi connectivity index (χ1n) is 13.4. The smallest absolute Gasteiger partial charge is 0.389 e. The first kappa shape index (κ1) is 25.7. The molecule has 0 aromatic carbocycles. The maximum Gasteiger partial charge on any atom is 0.397 e. The molecule has 3 fully saturated rings. The van der Waals surface area contributed by atoms with E-state index in [-0.39, 0.29) is 5.41 Å². The van der Waals surface area contributed by atoms with Crippen molar-refractivity contribution >= 4 is 10.4 Å². The molecule has 4 aliphatic carbocycles. The fourth-order valence-corrected chi connectivity index (χ4v) is 9.40. The molecule has 33 heavy (non-hydrogen) atoms. The van der Waals surface area contributed by atoms with Crippen molar-refractivity contribution in [2.45, 2.75) is 111 Å². The Morgan fingerprint density at radius 3 is 2.45 bits per heavy atom. The van der Waals surface area contributed by atoms with Crippen LogP contribution in [0, 0.1) is 46.3 Å². The highest BCUT2D eigenvalue weighted by Crippen LogP contribution is 2.67. The Morgan fingerprint density at radius 1 is 1.06 bits per heavy atom. The highest BCUT2D eigenvalue weighted by molar-refractivity contribution is 7.80. The molecule has 2 unspecified atom stereocenters. The van der Waals surface area contributed by atoms with Crippen molar-refractivity contribution in [3.05, 3.63) is 11.6 Å². The summed E-state index contributed by atoms with van der Waals surface area (Å²) in [4.78, 5) is 0. The van der Waals surface area contributed by atoms with Gasteiger partial charge >= 0.3 is 10.4 Å². The van der Waals surface area contributed by atoms with Gasteiger partial charge in [-0.25, -0.2) is 4.18 Å². The van der Waals surface area contributed by atoms with Crippen LogP contribution in [0.25, 0.3) is 0 Å². The van der Waals surface area contributed by atoms with Crippen LogP contribution in [0.2, 0.25) is 0 Å². The summed E-state index contributed by atoms with van der Waals surface area (Å²) < 4.78 is 36.5. The van der Waals surface area contributed by atoms with E-state index >= 15 is 0 Å². The van der Waals surface area contributed by atoms with Crippen LogP contribution in [0.15, 0.2) is 11.6 Å². The second-order valence-electron chi connectivity index (χ2n) is 12.8. The SMILES string of the molecule is CC(C)CCC[C@@H](C)[C@H]1CC[C@H]2[C@@H]3C(O)C=C4CC(OS(=O)(=O)O)CC[C@]4(C)[C@H]3CC[C@]12C. The van der Waals surface area contributed by atoms with Crippen LogP contribution >= 0.6 is 0 Å². The molecule has 6 heteroatoms. The van der Waals surface area contributed by atoms with Gasteiger partial charge in [0.1, 0.15) is 0 Å². The van der Waals surface area contributed by atoms with Gasteiger partial charge in [-0.2, -0.15) is 8.42 Å². The highest BCUT2D eigenvalue weighted by Gasteiger charge is 2.61. The molecule has 3 saturated carbocycles. The predicted molar refractivity (Wildman–Crippen MR) is 131 cm³/mol. The third-order valence-electron chi connectivity index (χ3n) is 10.5. The van der Waals surface area contributed by atoms with Crippen LogP contribution < -0.4 is 0 Å². The number of aliphatic hydroxyl groups excluding tert-OH is 1. The van der Waals surface area contributed by atoms with Gasteiger partial charge in [-0.1, -0.05) is 65.5 Å². The van der Waals surface area contributed by atoms with Gasteiger partial charge in [0.15, 0.2) is 0 Å². The Bertz CT molecular complexity index is 851. The predicted octanol–water partition coefficient (Wildman–Crippen LogP) is 6.19. The van der Waals surface area contributed by atoms with E-state index < -0.39 is 22.6 Å². The van der Waals surface area contributed by atoms with E-state index in [1.807, 2.05) is 6.08 Å². The van der Waals surface area contributed by atoms with Gasteiger partial charge in [0.05, 0.1) is 12.2 Å². The molecule has 190 valence electrons. The van der Waals surface area contributed by atoms with Crippen LogP contribution in [0.5, 0.6) is 0 Å². The van der Waals surface area contributed by atoms with Crippen molar-refractivity contribution < 1.29 is 22.3 Å². The monoisotopic (exact) mass is 482 g/mol. The summed E-state index contributed by atoms with van der Waals surface area (Å²) in [5.41, 5.74) is 1.44. The molecule has 9 atom stereocenters. The third kappa shape index (κ3) is 4.83. The number of hydrogen-bond acceptors (Lipinski definition) is 4. The van der Waals surface area contributed by atoms with Crippen LogP contribution in [0.3, 0.4) is 0 Å². The van der Waals surface area contributed by atoms with Gasteiger partial charge < -0.3 is 5.11 Å². The van der Waals surface area contributed by atoms with Gasteiger partial charge in [0, 0.05) is 0 Å². The highest BCUT2D eigenvalue weighted by atomic mass is 32.3. The van der Waals surface area contributed by atoms with Crippen molar-refractivity contribution in [2.24, 2.45) is 46.3 Å². The fraction of sp³-hybridized carbons (Fsp3) is 0.926. The number of hydrogen-bond donors (Lipinski definition) is 2. The minimum Gasteiger partial charge on any atom is -0.389 e. The van der Waals surface area contributed by atoms with Gasteiger partial charge in [-0.15, -0.1) is 0 Å². The van der Waals surface area contributed by atoms with Crippen LogP contribution in [0.1, 0.15) is 98.8 Å². The minimum atomic E-state index is -4.45. The standard InChI is InChI=1S/C27H46O5S/c1-17(2)7-6-8-18(3)21-9-10-22-25-23(12-14-27(21,22)5)26(4)13-11-20(32-33(29,30)31)15-19(26)16-24(25)28/h16-18,20-25,28H,6-15H2,1-5H3,(H,29,30,31)/t18-,20?,21-,22+,23+,24?,25+,26+,27-/m1/s1. The van der Waals surface area contributed by atoms with Crippen molar-refractivity contribution in [3.63, 3.8) is 0 Å². The lowest BCUT2D eigenvalue weighted by atomic mass is 9.46. The summed E-state index contributed by atoms with van der Waals surface area (Å²) in [5, 5.41) is 11.4. The van der Waals surface area contributed by atoms with E-state index in [2.05, 4.69) is 34.6 Å². The number of aliphatic hydroxyl groups is 1. The zero-order valence-electron chi connectivity index (χ0n) is 21.3. The van der Waals surface area contributed by atoms with Crippen LogP contribution in [0.4, 0.5) is 0 Å². The molecule has 0 amide bonds. The van der Waals surface area contributed by atoms with Gasteiger partial charge in [0.2, 0.25) is 0 Å². The van der Waals surface area contributed by atoms with E-state index in [4.69, 9.17) is 8.74 Å². The van der Waals surface area contributed by atoms with E-state index in [9.17, 15) is 13.5 Å². The molecule has 5 nitrogen and oxygen atoms in total. The zero-order valence-corrected chi connectivity index (χ0v) is 22.1. The molecule has 0 aromatic rings. The van der Waals surface area contributed by atoms with E-state index in [1.54, 1.807) is 0 Å². The average Bonchev–Trinajstić information content (AvgIpc) is 3.05. The summed E-state index contributed by atoms with van der Waals surface area (Å²) in [7, 11) is -4.45. The van der Waals surface area contributed by atoms with Crippen LogP contribution in [-0.4, -0.2) is 30.3 Å². The average molecular weight is 483 g/mol. The maximum absolute atomic E-state index is 11.4. The molecule has 0 radical (unpaired) electrons. The van der Waals surface area contributed by atoms with Crippen molar-refractivity contribution in [1.82, 2.24) is 0 Å². The molecule has 0 aliphatic heterocycles. The van der Waals surface area contributed by atoms with E-state index in [1.165, 1.54) is 38.5 Å².